The van der Waals surface area contributed by atoms with Crippen molar-refractivity contribution in [1.82, 2.24) is 20.9 Å². The molecule has 5 aromatic rings. The number of fused-ring (bicyclic) bond motifs is 2. The number of hydrogen-bond acceptors (Lipinski definition) is 5. The molecule has 0 fully saturated rings. The number of aromatic amines is 1. The summed E-state index contributed by atoms with van der Waals surface area (Å²) in [6.07, 6.45) is 2.01. The van der Waals surface area contributed by atoms with Gasteiger partial charge in [0.1, 0.15) is 18.1 Å². The third-order valence-electron chi connectivity index (χ3n) is 7.71. The van der Waals surface area contributed by atoms with Crippen LogP contribution in [0.25, 0.3) is 21.7 Å². The average Bonchev–Trinajstić information content (AvgIpc) is 3.43. The Morgan fingerprint density at radius 3 is 2.02 bits per heavy atom. The van der Waals surface area contributed by atoms with Gasteiger partial charge in [0.15, 0.2) is 0 Å². The number of nitrogens with one attached hydrogen (secondary N) is 4. The van der Waals surface area contributed by atoms with Gasteiger partial charge in [-0.2, -0.15) is 0 Å². The molecule has 7 N–H and O–H groups in total. The van der Waals surface area contributed by atoms with Crippen LogP contribution >= 0.6 is 0 Å². The van der Waals surface area contributed by atoms with E-state index in [1.807, 2.05) is 66.7 Å². The van der Waals surface area contributed by atoms with E-state index < -0.39 is 41.8 Å². The molecule has 10 heteroatoms. The fraction of sp³-hybridized carbons (Fsp3) is 0.200. The zero-order valence-corrected chi connectivity index (χ0v) is 24.7. The number of carboxylic acids is 1. The molecular weight excluding hydrogens is 570 g/mol. The number of anilines is 1. The lowest BCUT2D eigenvalue weighted by atomic mass is 9.99. The zero-order valence-electron chi connectivity index (χ0n) is 24.7. The van der Waals surface area contributed by atoms with Crippen LogP contribution in [0.3, 0.4) is 0 Å². The van der Waals surface area contributed by atoms with Gasteiger partial charge in [-0.25, -0.2) is 4.79 Å². The van der Waals surface area contributed by atoms with Crippen molar-refractivity contribution in [1.29, 1.82) is 0 Å². The lowest BCUT2D eigenvalue weighted by Crippen LogP contribution is -2.57. The molecule has 0 saturated heterocycles. The number of rotatable bonds is 12. The molecular formula is C35H35N5O5. The van der Waals surface area contributed by atoms with Crippen molar-refractivity contribution in [3.05, 3.63) is 114 Å². The number of aliphatic carboxylic acids is 1. The SMILES string of the molecule is CC(=O)NC(Cc1ccc2ccccc2c1)C(=O)NC(Cc1ccc(N)cc1)C(=O)NC(Cc1c[nH]c2ccccc12)C(=O)O. The normalized spacial score (nSPS) is 13.1. The van der Waals surface area contributed by atoms with Crippen molar-refractivity contribution in [2.45, 2.75) is 44.3 Å². The van der Waals surface area contributed by atoms with Gasteiger partial charge >= 0.3 is 5.97 Å². The second kappa shape index (κ2) is 13.8. The van der Waals surface area contributed by atoms with Crippen LogP contribution in [0.15, 0.2) is 97.2 Å². The van der Waals surface area contributed by atoms with Crippen molar-refractivity contribution in [2.75, 3.05) is 5.73 Å². The van der Waals surface area contributed by atoms with E-state index in [9.17, 15) is 24.3 Å². The Morgan fingerprint density at radius 2 is 1.31 bits per heavy atom. The second-order valence-corrected chi connectivity index (χ2v) is 11.1. The van der Waals surface area contributed by atoms with Crippen LogP contribution in [0.5, 0.6) is 0 Å². The maximum atomic E-state index is 13.7. The molecule has 0 bridgehead atoms. The molecule has 0 saturated carbocycles. The Morgan fingerprint density at radius 1 is 0.711 bits per heavy atom. The van der Waals surface area contributed by atoms with Crippen molar-refractivity contribution in [2.24, 2.45) is 0 Å². The lowest BCUT2D eigenvalue weighted by Gasteiger charge is -2.25. The molecule has 45 heavy (non-hydrogen) atoms. The van der Waals surface area contributed by atoms with Crippen LogP contribution < -0.4 is 21.7 Å². The highest BCUT2D eigenvalue weighted by Gasteiger charge is 2.30. The number of nitrogen functional groups attached to an aromatic ring is 1. The first-order chi connectivity index (χ1) is 21.7. The Balaban J connectivity index is 1.37. The van der Waals surface area contributed by atoms with E-state index in [0.29, 0.717) is 11.3 Å². The Bertz CT molecular complexity index is 1850. The van der Waals surface area contributed by atoms with Crippen molar-refractivity contribution >= 4 is 51.1 Å². The maximum absolute atomic E-state index is 13.7. The minimum atomic E-state index is -1.26. The number of benzene rings is 4. The second-order valence-electron chi connectivity index (χ2n) is 11.1. The molecule has 3 amide bonds. The molecule has 3 unspecified atom stereocenters. The first kappa shape index (κ1) is 30.8. The average molecular weight is 606 g/mol. The molecule has 230 valence electrons. The van der Waals surface area contributed by atoms with E-state index in [-0.39, 0.29) is 19.3 Å². The van der Waals surface area contributed by atoms with Crippen LogP contribution in [0.1, 0.15) is 23.6 Å². The molecule has 0 spiro atoms. The van der Waals surface area contributed by atoms with Crippen LogP contribution in [0.4, 0.5) is 5.69 Å². The molecule has 3 atom stereocenters. The largest absolute Gasteiger partial charge is 0.480 e. The zero-order chi connectivity index (χ0) is 31.9. The predicted octanol–water partition coefficient (Wildman–Crippen LogP) is 3.49. The highest BCUT2D eigenvalue weighted by Crippen LogP contribution is 2.20. The van der Waals surface area contributed by atoms with E-state index in [4.69, 9.17) is 5.73 Å². The Hall–Kier alpha value is -5.64. The molecule has 1 heterocycles. The third kappa shape index (κ3) is 7.85. The van der Waals surface area contributed by atoms with E-state index >= 15 is 0 Å². The monoisotopic (exact) mass is 605 g/mol. The number of aromatic nitrogens is 1. The summed E-state index contributed by atoms with van der Waals surface area (Å²) in [6, 6.07) is 24.6. The Kier molecular flexibility index (Phi) is 9.43. The fourth-order valence-corrected chi connectivity index (χ4v) is 5.42. The van der Waals surface area contributed by atoms with Crippen molar-refractivity contribution in [3.8, 4) is 0 Å². The number of hydrogen-bond donors (Lipinski definition) is 6. The number of carbonyl (C=O) groups excluding carboxylic acids is 3. The summed E-state index contributed by atoms with van der Waals surface area (Å²) in [5, 5.41) is 21.0. The number of nitrogens with two attached hydrogens (primary N) is 1. The first-order valence-electron chi connectivity index (χ1n) is 14.6. The van der Waals surface area contributed by atoms with Crippen LogP contribution in [0.2, 0.25) is 0 Å². The summed E-state index contributed by atoms with van der Waals surface area (Å²) in [5.74, 6) is -2.85. The summed E-state index contributed by atoms with van der Waals surface area (Å²) in [6.45, 7) is 1.32. The van der Waals surface area contributed by atoms with Gasteiger partial charge in [0.05, 0.1) is 0 Å². The Labute approximate surface area is 260 Å². The number of para-hydroxylation sites is 1. The molecule has 5 rings (SSSR count). The van der Waals surface area contributed by atoms with Crippen molar-refractivity contribution < 1.29 is 24.3 Å². The lowest BCUT2D eigenvalue weighted by molar-refractivity contribution is -0.142. The number of carbonyl (C=O) groups is 4. The van der Waals surface area contributed by atoms with Gasteiger partial charge in [-0.1, -0.05) is 72.8 Å². The molecule has 0 aliphatic rings. The van der Waals surface area contributed by atoms with Crippen LogP contribution in [-0.4, -0.2) is 51.9 Å². The standard InChI is InChI=1S/C35H35N5O5/c1-21(41)38-30(18-23-10-13-24-6-2-3-7-25(24)16-23)33(42)39-31(17-22-11-14-27(36)15-12-22)34(43)40-32(35(44)45)19-26-20-37-29-9-5-4-8-28(26)29/h2-16,20,30-32,37H,17-19,36H2,1H3,(H,38,41)(H,39,42)(H,40,43)(H,44,45). The maximum Gasteiger partial charge on any atom is 0.326 e. The summed E-state index contributed by atoms with van der Waals surface area (Å²) < 4.78 is 0. The molecule has 0 aliphatic carbocycles. The van der Waals surface area contributed by atoms with Crippen molar-refractivity contribution in [3.63, 3.8) is 0 Å². The topological polar surface area (TPSA) is 166 Å². The van der Waals surface area contributed by atoms with Gasteiger partial charge in [-0.15, -0.1) is 0 Å². The molecule has 1 aromatic heterocycles. The third-order valence-corrected chi connectivity index (χ3v) is 7.71. The predicted molar refractivity (Wildman–Crippen MR) is 173 cm³/mol. The van der Waals surface area contributed by atoms with Gasteiger partial charge in [-0.3, -0.25) is 14.4 Å². The summed E-state index contributed by atoms with van der Waals surface area (Å²) >= 11 is 0. The minimum absolute atomic E-state index is 0.0318. The molecule has 4 aromatic carbocycles. The van der Waals surface area contributed by atoms with Gasteiger partial charge in [-0.05, 0) is 45.7 Å². The van der Waals surface area contributed by atoms with Crippen LogP contribution in [0, 0.1) is 0 Å². The number of amides is 3. The smallest absolute Gasteiger partial charge is 0.326 e. The molecule has 10 nitrogen and oxygen atoms in total. The summed E-state index contributed by atoms with van der Waals surface area (Å²) in [7, 11) is 0. The van der Waals surface area contributed by atoms with E-state index in [2.05, 4.69) is 20.9 Å². The fourth-order valence-electron chi connectivity index (χ4n) is 5.42. The molecule has 0 radical (unpaired) electrons. The number of carboxylic acid groups (broad SMARTS) is 1. The van der Waals surface area contributed by atoms with E-state index in [0.717, 1.165) is 32.8 Å². The minimum Gasteiger partial charge on any atom is -0.480 e. The highest BCUT2D eigenvalue weighted by atomic mass is 16.4. The highest BCUT2D eigenvalue weighted by molar-refractivity contribution is 5.94. The first-order valence-corrected chi connectivity index (χ1v) is 14.6. The van der Waals surface area contributed by atoms with Gasteiger partial charge in [0, 0.05) is 49.0 Å². The summed E-state index contributed by atoms with van der Waals surface area (Å²) in [5.41, 5.74) is 9.50. The van der Waals surface area contributed by atoms with Gasteiger partial charge in [0.2, 0.25) is 17.7 Å². The van der Waals surface area contributed by atoms with E-state index in [1.54, 1.807) is 30.5 Å². The number of H-pyrrole nitrogens is 1. The van der Waals surface area contributed by atoms with Crippen LogP contribution in [-0.2, 0) is 38.4 Å². The van der Waals surface area contributed by atoms with E-state index in [1.165, 1.54) is 6.92 Å². The van der Waals surface area contributed by atoms with Gasteiger partial charge < -0.3 is 31.8 Å². The van der Waals surface area contributed by atoms with Gasteiger partial charge in [0.25, 0.3) is 0 Å². The molecule has 0 aliphatic heterocycles. The quantitative estimate of drug-likeness (QED) is 0.119. The summed E-state index contributed by atoms with van der Waals surface area (Å²) in [4.78, 5) is 54.9.